The molecule has 1 aliphatic heterocycles. The zero-order valence-electron chi connectivity index (χ0n) is 9.01. The van der Waals surface area contributed by atoms with Crippen LogP contribution in [0.3, 0.4) is 0 Å². The summed E-state index contributed by atoms with van der Waals surface area (Å²) in [5.41, 5.74) is 1.00. The topological polar surface area (TPSA) is 21.3 Å². The van der Waals surface area contributed by atoms with Crippen LogP contribution in [0.5, 0.6) is 0 Å². The standard InChI is InChI=1S/C12H15BrClNO/c13-9-3-4-11(14)12(8-9)15-10-2-1-6-16-7-5-10/h3-4,8,10,15H,1-2,5-7H2. The van der Waals surface area contributed by atoms with E-state index >= 15 is 0 Å². The average Bonchev–Trinajstić information content (AvgIpc) is 2.52. The molecule has 1 fully saturated rings. The molecule has 2 rings (SSSR count). The first kappa shape index (κ1) is 12.2. The van der Waals surface area contributed by atoms with Crippen molar-refractivity contribution in [3.05, 3.63) is 27.7 Å². The number of hydrogen-bond donors (Lipinski definition) is 1. The summed E-state index contributed by atoms with van der Waals surface area (Å²) in [6.07, 6.45) is 3.30. The number of ether oxygens (including phenoxy) is 1. The van der Waals surface area contributed by atoms with Gasteiger partial charge in [-0.2, -0.15) is 0 Å². The van der Waals surface area contributed by atoms with Crippen LogP contribution < -0.4 is 5.32 Å². The van der Waals surface area contributed by atoms with Gasteiger partial charge in [-0.25, -0.2) is 0 Å². The molecule has 16 heavy (non-hydrogen) atoms. The normalized spacial score (nSPS) is 21.5. The highest BCUT2D eigenvalue weighted by atomic mass is 79.9. The number of anilines is 1. The van der Waals surface area contributed by atoms with E-state index in [2.05, 4.69) is 21.2 Å². The van der Waals surface area contributed by atoms with Crippen LogP contribution in [0.25, 0.3) is 0 Å². The van der Waals surface area contributed by atoms with Crippen LogP contribution >= 0.6 is 27.5 Å². The Morgan fingerprint density at radius 2 is 2.19 bits per heavy atom. The predicted octanol–water partition coefficient (Wildman–Crippen LogP) is 4.08. The molecule has 1 heterocycles. The van der Waals surface area contributed by atoms with E-state index in [1.54, 1.807) is 0 Å². The molecule has 1 atom stereocenters. The van der Waals surface area contributed by atoms with Crippen LogP contribution in [-0.2, 0) is 4.74 Å². The lowest BCUT2D eigenvalue weighted by Crippen LogP contribution is -2.19. The quantitative estimate of drug-likeness (QED) is 0.889. The van der Waals surface area contributed by atoms with Gasteiger partial charge in [-0.15, -0.1) is 0 Å². The van der Waals surface area contributed by atoms with Crippen molar-refractivity contribution in [1.82, 2.24) is 0 Å². The first-order valence-electron chi connectivity index (χ1n) is 5.55. The molecule has 4 heteroatoms. The van der Waals surface area contributed by atoms with E-state index in [-0.39, 0.29) is 0 Å². The van der Waals surface area contributed by atoms with E-state index in [9.17, 15) is 0 Å². The Kier molecular flexibility index (Phi) is 4.50. The Bertz CT molecular complexity index is 351. The summed E-state index contributed by atoms with van der Waals surface area (Å²) in [4.78, 5) is 0. The molecule has 1 aromatic carbocycles. The lowest BCUT2D eigenvalue weighted by molar-refractivity contribution is 0.144. The van der Waals surface area contributed by atoms with E-state index in [0.29, 0.717) is 6.04 Å². The molecule has 1 N–H and O–H groups in total. The molecular formula is C12H15BrClNO. The van der Waals surface area contributed by atoms with Crippen LogP contribution in [0.4, 0.5) is 5.69 Å². The maximum Gasteiger partial charge on any atom is 0.0638 e. The van der Waals surface area contributed by atoms with Crippen molar-refractivity contribution in [2.75, 3.05) is 18.5 Å². The van der Waals surface area contributed by atoms with Gasteiger partial charge in [0.05, 0.1) is 10.7 Å². The lowest BCUT2D eigenvalue weighted by Gasteiger charge is -2.18. The van der Waals surface area contributed by atoms with Crippen molar-refractivity contribution in [2.24, 2.45) is 0 Å². The zero-order chi connectivity index (χ0) is 11.4. The van der Waals surface area contributed by atoms with Crippen LogP contribution in [-0.4, -0.2) is 19.3 Å². The molecule has 0 aliphatic carbocycles. The minimum atomic E-state index is 0.467. The minimum absolute atomic E-state index is 0.467. The maximum absolute atomic E-state index is 6.14. The summed E-state index contributed by atoms with van der Waals surface area (Å²) in [6.45, 7) is 1.72. The number of nitrogens with one attached hydrogen (secondary N) is 1. The first-order valence-corrected chi connectivity index (χ1v) is 6.72. The van der Waals surface area contributed by atoms with Gasteiger partial charge in [-0.3, -0.25) is 0 Å². The number of benzene rings is 1. The van der Waals surface area contributed by atoms with E-state index in [4.69, 9.17) is 16.3 Å². The second-order valence-electron chi connectivity index (χ2n) is 4.01. The van der Waals surface area contributed by atoms with Gasteiger partial charge in [-0.05, 0) is 37.5 Å². The molecule has 0 bridgehead atoms. The Morgan fingerprint density at radius 3 is 3.06 bits per heavy atom. The van der Waals surface area contributed by atoms with Gasteiger partial charge in [0.25, 0.3) is 0 Å². The minimum Gasteiger partial charge on any atom is -0.381 e. The SMILES string of the molecule is Clc1ccc(Br)cc1NC1CCCOCC1. The van der Waals surface area contributed by atoms with Crippen LogP contribution in [0, 0.1) is 0 Å². The van der Waals surface area contributed by atoms with Crippen LogP contribution in [0.15, 0.2) is 22.7 Å². The molecule has 0 saturated carbocycles. The van der Waals surface area contributed by atoms with E-state index in [1.807, 2.05) is 18.2 Å². The Labute approximate surface area is 109 Å². The number of halogens is 2. The lowest BCUT2D eigenvalue weighted by atomic mass is 10.1. The van der Waals surface area contributed by atoms with E-state index in [1.165, 1.54) is 0 Å². The monoisotopic (exact) mass is 303 g/mol. The van der Waals surface area contributed by atoms with E-state index < -0.39 is 0 Å². The third-order valence-electron chi connectivity index (χ3n) is 2.74. The molecule has 1 aliphatic rings. The van der Waals surface area contributed by atoms with Gasteiger partial charge in [0.2, 0.25) is 0 Å². The molecule has 0 radical (unpaired) electrons. The fraction of sp³-hybridized carbons (Fsp3) is 0.500. The number of rotatable bonds is 2. The summed E-state index contributed by atoms with van der Waals surface area (Å²) in [7, 11) is 0. The van der Waals surface area contributed by atoms with Crippen molar-refractivity contribution in [3.63, 3.8) is 0 Å². The second-order valence-corrected chi connectivity index (χ2v) is 5.33. The second kappa shape index (κ2) is 5.89. The van der Waals surface area contributed by atoms with Crippen LogP contribution in [0.1, 0.15) is 19.3 Å². The molecule has 0 amide bonds. The molecule has 1 saturated heterocycles. The third-order valence-corrected chi connectivity index (χ3v) is 3.56. The molecule has 1 aromatic rings. The summed E-state index contributed by atoms with van der Waals surface area (Å²) >= 11 is 9.59. The van der Waals surface area contributed by atoms with Gasteiger partial charge in [-0.1, -0.05) is 27.5 Å². The molecule has 1 unspecified atom stereocenters. The highest BCUT2D eigenvalue weighted by Gasteiger charge is 2.13. The largest absolute Gasteiger partial charge is 0.381 e. The third kappa shape index (κ3) is 3.37. The summed E-state index contributed by atoms with van der Waals surface area (Å²) in [6, 6.07) is 6.34. The Morgan fingerprint density at radius 1 is 1.31 bits per heavy atom. The molecular weight excluding hydrogens is 289 g/mol. The fourth-order valence-electron chi connectivity index (χ4n) is 1.88. The summed E-state index contributed by atoms with van der Waals surface area (Å²) < 4.78 is 6.48. The van der Waals surface area contributed by atoms with Crippen molar-refractivity contribution in [3.8, 4) is 0 Å². The average molecular weight is 305 g/mol. The number of hydrogen-bond acceptors (Lipinski definition) is 2. The predicted molar refractivity (Wildman–Crippen MR) is 71.2 cm³/mol. The molecule has 0 aromatic heterocycles. The smallest absolute Gasteiger partial charge is 0.0638 e. The van der Waals surface area contributed by atoms with Gasteiger partial charge in [0.1, 0.15) is 0 Å². The van der Waals surface area contributed by atoms with Crippen molar-refractivity contribution in [1.29, 1.82) is 0 Å². The van der Waals surface area contributed by atoms with E-state index in [0.717, 1.165) is 47.7 Å². The van der Waals surface area contributed by atoms with Crippen LogP contribution in [0.2, 0.25) is 5.02 Å². The summed E-state index contributed by atoms with van der Waals surface area (Å²) in [5.74, 6) is 0. The highest BCUT2D eigenvalue weighted by molar-refractivity contribution is 9.10. The van der Waals surface area contributed by atoms with Crippen molar-refractivity contribution < 1.29 is 4.74 Å². The maximum atomic E-state index is 6.14. The van der Waals surface area contributed by atoms with Crippen molar-refractivity contribution in [2.45, 2.75) is 25.3 Å². The highest BCUT2D eigenvalue weighted by Crippen LogP contribution is 2.27. The van der Waals surface area contributed by atoms with Gasteiger partial charge < -0.3 is 10.1 Å². The van der Waals surface area contributed by atoms with Gasteiger partial charge >= 0.3 is 0 Å². The Hall–Kier alpha value is -0.250. The van der Waals surface area contributed by atoms with Gasteiger partial charge in [0.15, 0.2) is 0 Å². The van der Waals surface area contributed by atoms with Gasteiger partial charge in [0, 0.05) is 23.7 Å². The first-order chi connectivity index (χ1) is 7.75. The molecule has 2 nitrogen and oxygen atoms in total. The zero-order valence-corrected chi connectivity index (χ0v) is 11.4. The van der Waals surface area contributed by atoms with Crippen molar-refractivity contribution >= 4 is 33.2 Å². The Balaban J connectivity index is 2.04. The summed E-state index contributed by atoms with van der Waals surface area (Å²) in [5, 5.41) is 4.26. The molecule has 88 valence electrons. The molecule has 0 spiro atoms. The fourth-order valence-corrected chi connectivity index (χ4v) is 2.41.